The summed E-state index contributed by atoms with van der Waals surface area (Å²) in [6.45, 7) is 4.80. The Balaban J connectivity index is 1.52. The molecule has 0 bridgehead atoms. The number of para-hydroxylation sites is 1. The predicted octanol–water partition coefficient (Wildman–Crippen LogP) is 4.03. The first-order valence-electron chi connectivity index (χ1n) is 9.08. The summed E-state index contributed by atoms with van der Waals surface area (Å²) in [4.78, 5) is 14.0. The third-order valence-electron chi connectivity index (χ3n) is 4.41. The van der Waals surface area contributed by atoms with Gasteiger partial charge in [-0.15, -0.1) is 0 Å². The number of hydrogen-bond donors (Lipinski definition) is 0. The first kappa shape index (κ1) is 18.7. The van der Waals surface area contributed by atoms with Crippen molar-refractivity contribution in [1.82, 2.24) is 14.7 Å². The highest BCUT2D eigenvalue weighted by Gasteiger charge is 2.12. The summed E-state index contributed by atoms with van der Waals surface area (Å²) in [6.07, 6.45) is 3.72. The van der Waals surface area contributed by atoms with Crippen LogP contribution < -0.4 is 4.74 Å². The Morgan fingerprint density at radius 1 is 1.11 bits per heavy atom. The van der Waals surface area contributed by atoms with Gasteiger partial charge in [-0.25, -0.2) is 4.68 Å². The van der Waals surface area contributed by atoms with Crippen LogP contribution in [0.4, 0.5) is 0 Å². The molecular formula is C22H25N3O2. The number of aromatic nitrogens is 2. The molecule has 140 valence electrons. The van der Waals surface area contributed by atoms with Gasteiger partial charge in [0, 0.05) is 25.4 Å². The van der Waals surface area contributed by atoms with E-state index >= 15 is 0 Å². The standard InChI is InChI=1S/C22H25N3O2/c1-17(2)19-9-11-21(12-10-19)27-16-22(26)24(3)14-18-13-23-25(15-18)20-7-5-4-6-8-20/h4-13,15,17H,14,16H2,1-3H3. The van der Waals surface area contributed by atoms with Gasteiger partial charge in [0.05, 0.1) is 11.9 Å². The largest absolute Gasteiger partial charge is 0.484 e. The van der Waals surface area contributed by atoms with E-state index in [1.165, 1.54) is 5.56 Å². The van der Waals surface area contributed by atoms with Gasteiger partial charge >= 0.3 is 0 Å². The van der Waals surface area contributed by atoms with E-state index < -0.39 is 0 Å². The maximum atomic E-state index is 12.3. The number of ether oxygens (including phenoxy) is 1. The molecular weight excluding hydrogens is 338 g/mol. The van der Waals surface area contributed by atoms with Crippen molar-refractivity contribution in [2.45, 2.75) is 26.3 Å². The minimum absolute atomic E-state index is 0.0182. The van der Waals surface area contributed by atoms with Crippen LogP contribution in [0.3, 0.4) is 0 Å². The number of likely N-dealkylation sites (N-methyl/N-ethyl adjacent to an activating group) is 1. The average molecular weight is 363 g/mol. The molecule has 27 heavy (non-hydrogen) atoms. The van der Waals surface area contributed by atoms with E-state index in [0.717, 1.165) is 11.3 Å². The van der Waals surface area contributed by atoms with Crippen molar-refractivity contribution in [2.75, 3.05) is 13.7 Å². The summed E-state index contributed by atoms with van der Waals surface area (Å²) in [7, 11) is 1.77. The third-order valence-corrected chi connectivity index (χ3v) is 4.41. The molecule has 0 saturated carbocycles. The van der Waals surface area contributed by atoms with E-state index in [-0.39, 0.29) is 12.5 Å². The molecule has 0 atom stereocenters. The zero-order valence-corrected chi connectivity index (χ0v) is 16.0. The second-order valence-electron chi connectivity index (χ2n) is 6.89. The highest BCUT2D eigenvalue weighted by atomic mass is 16.5. The van der Waals surface area contributed by atoms with Crippen molar-refractivity contribution in [3.05, 3.63) is 78.1 Å². The van der Waals surface area contributed by atoms with Gasteiger partial charge in [-0.1, -0.05) is 44.2 Å². The van der Waals surface area contributed by atoms with Crippen LogP contribution in [0.25, 0.3) is 5.69 Å². The topological polar surface area (TPSA) is 47.4 Å². The molecule has 0 aliphatic heterocycles. The van der Waals surface area contributed by atoms with E-state index in [0.29, 0.717) is 18.2 Å². The quantitative estimate of drug-likeness (QED) is 0.637. The van der Waals surface area contributed by atoms with Crippen molar-refractivity contribution < 1.29 is 9.53 Å². The molecule has 0 fully saturated rings. The van der Waals surface area contributed by atoms with Gasteiger partial charge in [0.1, 0.15) is 5.75 Å². The van der Waals surface area contributed by atoms with Crippen molar-refractivity contribution in [3.8, 4) is 11.4 Å². The Bertz CT molecular complexity index is 870. The maximum absolute atomic E-state index is 12.3. The van der Waals surface area contributed by atoms with Crippen LogP contribution in [0, 0.1) is 0 Å². The molecule has 0 aliphatic rings. The van der Waals surface area contributed by atoms with Gasteiger partial charge in [-0.05, 0) is 35.7 Å². The normalized spacial score (nSPS) is 10.8. The zero-order chi connectivity index (χ0) is 19.2. The second-order valence-corrected chi connectivity index (χ2v) is 6.89. The minimum Gasteiger partial charge on any atom is -0.484 e. The highest BCUT2D eigenvalue weighted by molar-refractivity contribution is 5.77. The Labute approximate surface area is 160 Å². The average Bonchev–Trinajstić information content (AvgIpc) is 3.15. The Morgan fingerprint density at radius 3 is 2.48 bits per heavy atom. The van der Waals surface area contributed by atoms with Crippen LogP contribution in [-0.2, 0) is 11.3 Å². The molecule has 1 amide bonds. The molecule has 0 spiro atoms. The predicted molar refractivity (Wildman–Crippen MR) is 106 cm³/mol. The van der Waals surface area contributed by atoms with Crippen molar-refractivity contribution >= 4 is 5.91 Å². The molecule has 5 nitrogen and oxygen atoms in total. The number of benzene rings is 2. The molecule has 1 heterocycles. The van der Waals surface area contributed by atoms with Gasteiger partial charge < -0.3 is 9.64 Å². The smallest absolute Gasteiger partial charge is 0.260 e. The second kappa shape index (κ2) is 8.54. The van der Waals surface area contributed by atoms with Gasteiger partial charge in [-0.3, -0.25) is 4.79 Å². The number of carbonyl (C=O) groups is 1. The van der Waals surface area contributed by atoms with Crippen LogP contribution in [0.15, 0.2) is 67.0 Å². The van der Waals surface area contributed by atoms with E-state index in [1.807, 2.05) is 60.8 Å². The summed E-state index contributed by atoms with van der Waals surface area (Å²) in [5, 5.41) is 4.36. The fourth-order valence-electron chi connectivity index (χ4n) is 2.73. The van der Waals surface area contributed by atoms with Crippen molar-refractivity contribution in [2.24, 2.45) is 0 Å². The van der Waals surface area contributed by atoms with E-state index in [1.54, 1.807) is 22.8 Å². The van der Waals surface area contributed by atoms with Crippen LogP contribution in [0.5, 0.6) is 5.75 Å². The number of hydrogen-bond acceptors (Lipinski definition) is 3. The van der Waals surface area contributed by atoms with Gasteiger partial charge in [-0.2, -0.15) is 5.10 Å². The van der Waals surface area contributed by atoms with Crippen LogP contribution >= 0.6 is 0 Å². The lowest BCUT2D eigenvalue weighted by Gasteiger charge is -2.16. The summed E-state index contributed by atoms with van der Waals surface area (Å²) in [6, 6.07) is 17.8. The molecule has 1 aromatic heterocycles. The Kier molecular flexibility index (Phi) is 5.91. The first-order chi connectivity index (χ1) is 13.0. The van der Waals surface area contributed by atoms with Gasteiger partial charge in [0.25, 0.3) is 5.91 Å². The molecule has 0 radical (unpaired) electrons. The van der Waals surface area contributed by atoms with E-state index in [4.69, 9.17) is 4.74 Å². The summed E-state index contributed by atoms with van der Waals surface area (Å²) in [5.41, 5.74) is 3.21. The van der Waals surface area contributed by atoms with Gasteiger partial charge in [0.2, 0.25) is 0 Å². The third kappa shape index (κ3) is 4.97. The van der Waals surface area contributed by atoms with Crippen LogP contribution in [0.2, 0.25) is 0 Å². The molecule has 0 unspecified atom stereocenters. The molecule has 3 aromatic rings. The van der Waals surface area contributed by atoms with E-state index in [2.05, 4.69) is 18.9 Å². The summed E-state index contributed by atoms with van der Waals surface area (Å²) in [5.74, 6) is 1.11. The summed E-state index contributed by atoms with van der Waals surface area (Å²) >= 11 is 0. The summed E-state index contributed by atoms with van der Waals surface area (Å²) < 4.78 is 7.43. The minimum atomic E-state index is -0.0737. The lowest BCUT2D eigenvalue weighted by Crippen LogP contribution is -2.30. The fourth-order valence-corrected chi connectivity index (χ4v) is 2.73. The molecule has 2 aromatic carbocycles. The number of carbonyl (C=O) groups excluding carboxylic acids is 1. The van der Waals surface area contributed by atoms with E-state index in [9.17, 15) is 4.79 Å². The maximum Gasteiger partial charge on any atom is 0.260 e. The fraction of sp³-hybridized carbons (Fsp3) is 0.273. The van der Waals surface area contributed by atoms with Crippen molar-refractivity contribution in [1.29, 1.82) is 0 Å². The molecule has 0 saturated heterocycles. The Hall–Kier alpha value is -3.08. The SMILES string of the molecule is CC(C)c1ccc(OCC(=O)N(C)Cc2cnn(-c3ccccc3)c2)cc1. The van der Waals surface area contributed by atoms with Crippen molar-refractivity contribution in [3.63, 3.8) is 0 Å². The number of rotatable bonds is 7. The molecule has 3 rings (SSSR count). The number of nitrogens with zero attached hydrogens (tertiary/aromatic N) is 3. The van der Waals surface area contributed by atoms with Gasteiger partial charge in [0.15, 0.2) is 6.61 Å². The number of amides is 1. The Morgan fingerprint density at radius 2 is 1.81 bits per heavy atom. The monoisotopic (exact) mass is 363 g/mol. The van der Waals surface area contributed by atoms with Crippen LogP contribution in [0.1, 0.15) is 30.9 Å². The lowest BCUT2D eigenvalue weighted by atomic mass is 10.0. The lowest BCUT2D eigenvalue weighted by molar-refractivity contribution is -0.132. The van der Waals surface area contributed by atoms with Crippen LogP contribution in [-0.4, -0.2) is 34.2 Å². The molecule has 0 aliphatic carbocycles. The highest BCUT2D eigenvalue weighted by Crippen LogP contribution is 2.18. The molecule has 5 heteroatoms. The first-order valence-corrected chi connectivity index (χ1v) is 9.08. The molecule has 0 N–H and O–H groups in total. The zero-order valence-electron chi connectivity index (χ0n) is 16.0.